The average molecular weight is 273 g/mol. The molecular weight excluding hydrogens is 258 g/mol. The van der Waals surface area contributed by atoms with Crippen molar-refractivity contribution >= 4 is 17.7 Å². The molecule has 4 heteroatoms. The highest BCUT2D eigenvalue weighted by Crippen LogP contribution is 2.36. The molecule has 0 unspecified atom stereocenters. The lowest BCUT2D eigenvalue weighted by molar-refractivity contribution is -0.117. The van der Waals surface area contributed by atoms with Crippen molar-refractivity contribution in [2.24, 2.45) is 5.73 Å². The second-order valence-corrected chi connectivity index (χ2v) is 5.17. The van der Waals surface area contributed by atoms with Crippen molar-refractivity contribution in [3.8, 4) is 5.75 Å². The molecule has 0 saturated heterocycles. The number of carbonyl (C=O) groups excluding carboxylic acids is 1. The number of rotatable bonds is 5. The monoisotopic (exact) mass is 273 g/mol. The third-order valence-corrected chi connectivity index (χ3v) is 3.92. The summed E-state index contributed by atoms with van der Waals surface area (Å²) in [5.41, 5.74) is 6.40. The van der Waals surface area contributed by atoms with Gasteiger partial charge in [0.2, 0.25) is 5.91 Å². The van der Waals surface area contributed by atoms with Gasteiger partial charge in [-0.05, 0) is 23.8 Å². The van der Waals surface area contributed by atoms with Crippen LogP contribution in [0.2, 0.25) is 0 Å². The molecule has 0 fully saturated rings. The fraction of sp³-hybridized carbons (Fsp3) is 0.133. The normalized spacial score (nSPS) is 11.8. The standard InChI is InChI=1S/C15H15NO2S/c1-18-12-8-5-9-13(10-12)19-14(15(16)17)11-6-3-2-4-7-11/h2-10,14H,1H3,(H2,16,17)/t14-/m0/s1. The molecule has 0 bridgehead atoms. The lowest BCUT2D eigenvalue weighted by atomic mass is 10.1. The van der Waals surface area contributed by atoms with Crippen LogP contribution in [0.4, 0.5) is 0 Å². The Morgan fingerprint density at radius 2 is 1.89 bits per heavy atom. The van der Waals surface area contributed by atoms with Crippen molar-refractivity contribution in [1.29, 1.82) is 0 Å². The van der Waals surface area contributed by atoms with Crippen LogP contribution < -0.4 is 10.5 Å². The van der Waals surface area contributed by atoms with Crippen molar-refractivity contribution in [2.75, 3.05) is 7.11 Å². The van der Waals surface area contributed by atoms with E-state index in [9.17, 15) is 4.79 Å². The third-order valence-electron chi connectivity index (χ3n) is 2.66. The molecule has 2 N–H and O–H groups in total. The summed E-state index contributed by atoms with van der Waals surface area (Å²) in [4.78, 5) is 12.6. The molecule has 0 heterocycles. The second-order valence-electron chi connectivity index (χ2n) is 3.99. The summed E-state index contributed by atoms with van der Waals surface area (Å²) < 4.78 is 5.17. The van der Waals surface area contributed by atoms with Crippen LogP contribution in [0, 0.1) is 0 Å². The van der Waals surface area contributed by atoms with Crippen LogP contribution in [0.1, 0.15) is 10.8 Å². The van der Waals surface area contributed by atoms with Gasteiger partial charge in [0, 0.05) is 4.90 Å². The van der Waals surface area contributed by atoms with Crippen LogP contribution in [-0.4, -0.2) is 13.0 Å². The number of nitrogens with two attached hydrogens (primary N) is 1. The Labute approximate surface area is 116 Å². The highest BCUT2D eigenvalue weighted by Gasteiger charge is 2.19. The zero-order valence-electron chi connectivity index (χ0n) is 10.6. The van der Waals surface area contributed by atoms with Crippen LogP contribution >= 0.6 is 11.8 Å². The van der Waals surface area contributed by atoms with E-state index in [1.807, 2.05) is 54.6 Å². The van der Waals surface area contributed by atoms with Gasteiger partial charge in [0.25, 0.3) is 0 Å². The Morgan fingerprint density at radius 3 is 2.53 bits per heavy atom. The highest BCUT2D eigenvalue weighted by molar-refractivity contribution is 8.00. The van der Waals surface area contributed by atoms with Gasteiger partial charge in [-0.25, -0.2) is 0 Å². The molecule has 0 aliphatic heterocycles. The number of hydrogen-bond acceptors (Lipinski definition) is 3. The van der Waals surface area contributed by atoms with Gasteiger partial charge in [-0.15, -0.1) is 11.8 Å². The van der Waals surface area contributed by atoms with Gasteiger partial charge in [0.1, 0.15) is 11.0 Å². The molecular formula is C15H15NO2S. The number of thioether (sulfide) groups is 1. The molecule has 3 nitrogen and oxygen atoms in total. The van der Waals surface area contributed by atoms with Gasteiger partial charge in [0.05, 0.1) is 7.11 Å². The predicted molar refractivity (Wildman–Crippen MR) is 77.2 cm³/mol. The minimum absolute atomic E-state index is 0.348. The SMILES string of the molecule is COc1cccc(S[C@H](C(N)=O)c2ccccc2)c1. The van der Waals surface area contributed by atoms with Gasteiger partial charge in [0.15, 0.2) is 0 Å². The smallest absolute Gasteiger partial charge is 0.235 e. The second kappa shape index (κ2) is 6.29. The molecule has 1 amide bonds. The summed E-state index contributed by atoms with van der Waals surface area (Å²) in [6, 6.07) is 17.1. The van der Waals surface area contributed by atoms with E-state index in [2.05, 4.69) is 0 Å². The molecule has 98 valence electrons. The Balaban J connectivity index is 2.24. The Bertz CT molecular complexity index is 557. The first-order chi connectivity index (χ1) is 9.20. The maximum atomic E-state index is 11.6. The number of hydrogen-bond donors (Lipinski definition) is 1. The van der Waals surface area contributed by atoms with E-state index < -0.39 is 5.25 Å². The Kier molecular flexibility index (Phi) is 4.47. The molecule has 1 atom stereocenters. The van der Waals surface area contributed by atoms with Crippen LogP contribution in [-0.2, 0) is 4.79 Å². The third kappa shape index (κ3) is 3.51. The summed E-state index contributed by atoms with van der Waals surface area (Å²) in [5.74, 6) is 0.417. The number of carbonyl (C=O) groups is 1. The molecule has 0 saturated carbocycles. The Hall–Kier alpha value is -1.94. The summed E-state index contributed by atoms with van der Waals surface area (Å²) in [6.07, 6.45) is 0. The summed E-state index contributed by atoms with van der Waals surface area (Å²) >= 11 is 1.42. The number of amides is 1. The number of ether oxygens (including phenoxy) is 1. The topological polar surface area (TPSA) is 52.3 Å². The number of methoxy groups -OCH3 is 1. The van der Waals surface area contributed by atoms with Crippen molar-refractivity contribution < 1.29 is 9.53 Å². The van der Waals surface area contributed by atoms with E-state index in [0.29, 0.717) is 0 Å². The average Bonchev–Trinajstić information content (AvgIpc) is 2.45. The number of primary amides is 1. The van der Waals surface area contributed by atoms with E-state index in [-0.39, 0.29) is 5.91 Å². The van der Waals surface area contributed by atoms with Gasteiger partial charge in [-0.1, -0.05) is 36.4 Å². The van der Waals surface area contributed by atoms with Crippen LogP contribution in [0.3, 0.4) is 0 Å². The first kappa shape index (κ1) is 13.5. The minimum Gasteiger partial charge on any atom is -0.497 e. The first-order valence-electron chi connectivity index (χ1n) is 5.85. The Morgan fingerprint density at radius 1 is 1.16 bits per heavy atom. The van der Waals surface area contributed by atoms with Gasteiger partial charge in [-0.2, -0.15) is 0 Å². The summed E-state index contributed by atoms with van der Waals surface area (Å²) in [5, 5.41) is -0.395. The van der Waals surface area contributed by atoms with E-state index >= 15 is 0 Å². The number of benzene rings is 2. The quantitative estimate of drug-likeness (QED) is 0.852. The largest absolute Gasteiger partial charge is 0.497 e. The fourth-order valence-electron chi connectivity index (χ4n) is 1.73. The van der Waals surface area contributed by atoms with Gasteiger partial charge < -0.3 is 10.5 Å². The lowest BCUT2D eigenvalue weighted by Crippen LogP contribution is -2.18. The summed E-state index contributed by atoms with van der Waals surface area (Å²) in [6.45, 7) is 0. The van der Waals surface area contributed by atoms with Gasteiger partial charge >= 0.3 is 0 Å². The molecule has 0 aliphatic carbocycles. The van der Waals surface area contributed by atoms with E-state index in [1.54, 1.807) is 7.11 Å². The van der Waals surface area contributed by atoms with E-state index in [0.717, 1.165) is 16.2 Å². The molecule has 0 aliphatic rings. The molecule has 19 heavy (non-hydrogen) atoms. The van der Waals surface area contributed by atoms with E-state index in [1.165, 1.54) is 11.8 Å². The van der Waals surface area contributed by atoms with E-state index in [4.69, 9.17) is 10.5 Å². The van der Waals surface area contributed by atoms with Crippen molar-refractivity contribution in [3.63, 3.8) is 0 Å². The molecule has 2 rings (SSSR count). The van der Waals surface area contributed by atoms with Crippen LogP contribution in [0.5, 0.6) is 5.75 Å². The minimum atomic E-state index is -0.395. The fourth-order valence-corrected chi connectivity index (χ4v) is 2.75. The van der Waals surface area contributed by atoms with Crippen molar-refractivity contribution in [1.82, 2.24) is 0 Å². The van der Waals surface area contributed by atoms with Crippen LogP contribution in [0.15, 0.2) is 59.5 Å². The predicted octanol–water partition coefficient (Wildman–Crippen LogP) is 3.01. The molecule has 2 aromatic rings. The van der Waals surface area contributed by atoms with Gasteiger partial charge in [-0.3, -0.25) is 4.79 Å². The molecule has 0 aromatic heterocycles. The lowest BCUT2D eigenvalue weighted by Gasteiger charge is -2.13. The molecule has 0 radical (unpaired) electrons. The summed E-state index contributed by atoms with van der Waals surface area (Å²) in [7, 11) is 1.62. The van der Waals surface area contributed by atoms with Crippen LogP contribution in [0.25, 0.3) is 0 Å². The zero-order chi connectivity index (χ0) is 13.7. The van der Waals surface area contributed by atoms with Crippen molar-refractivity contribution in [2.45, 2.75) is 10.1 Å². The highest BCUT2D eigenvalue weighted by atomic mass is 32.2. The maximum Gasteiger partial charge on any atom is 0.235 e. The molecule has 0 spiro atoms. The molecule has 2 aromatic carbocycles. The first-order valence-corrected chi connectivity index (χ1v) is 6.73. The maximum absolute atomic E-state index is 11.6. The van der Waals surface area contributed by atoms with Crippen molar-refractivity contribution in [3.05, 3.63) is 60.2 Å². The zero-order valence-corrected chi connectivity index (χ0v) is 11.4.